The predicted octanol–water partition coefficient (Wildman–Crippen LogP) is 1.26. The van der Waals surface area contributed by atoms with E-state index >= 15 is 0 Å². The van der Waals surface area contributed by atoms with Crippen molar-refractivity contribution in [2.24, 2.45) is 0 Å². The highest BCUT2D eigenvalue weighted by Crippen LogP contribution is 2.17. The summed E-state index contributed by atoms with van der Waals surface area (Å²) < 4.78 is 22.2. The molecular formula is C10H14FNO3. The Morgan fingerprint density at radius 1 is 1.40 bits per heavy atom. The molecule has 0 aliphatic heterocycles. The first-order valence-corrected chi connectivity index (χ1v) is 4.62. The zero-order valence-electron chi connectivity index (χ0n) is 8.83. The van der Waals surface area contributed by atoms with E-state index in [2.05, 4.69) is 4.74 Å². The molecule has 1 aromatic rings. The normalized spacial score (nSPS) is 10.3. The average molecular weight is 215 g/mol. The largest absolute Gasteiger partial charge is 0.618 e. The Labute approximate surface area is 87.8 Å². The van der Waals surface area contributed by atoms with Crippen LogP contribution in [0.2, 0.25) is 0 Å². The maximum atomic E-state index is 11.6. The second-order valence-corrected chi connectivity index (χ2v) is 3.08. The van der Waals surface area contributed by atoms with Gasteiger partial charge in [0.15, 0.2) is 18.8 Å². The van der Waals surface area contributed by atoms with Crippen LogP contribution in [0.15, 0.2) is 12.3 Å². The first kappa shape index (κ1) is 11.7. The predicted molar refractivity (Wildman–Crippen MR) is 52.3 cm³/mol. The van der Waals surface area contributed by atoms with E-state index in [0.29, 0.717) is 11.4 Å². The lowest BCUT2D eigenvalue weighted by molar-refractivity contribution is -0.612. The van der Waals surface area contributed by atoms with Gasteiger partial charge in [-0.15, -0.1) is 0 Å². The van der Waals surface area contributed by atoms with Gasteiger partial charge in [-0.1, -0.05) is 0 Å². The molecular weight excluding hydrogens is 201 g/mol. The van der Waals surface area contributed by atoms with Gasteiger partial charge in [0.2, 0.25) is 0 Å². The van der Waals surface area contributed by atoms with E-state index in [1.54, 1.807) is 19.9 Å². The molecule has 0 fully saturated rings. The summed E-state index contributed by atoms with van der Waals surface area (Å²) in [5.41, 5.74) is 1.38. The standard InChI is InChI=1S/C10H14FNO3/c1-8-9(2)12(13)4-3-10(8)15-6-5-14-7-11/h3-4H,5-7H2,1-2H3. The molecule has 0 N–H and O–H groups in total. The quantitative estimate of drug-likeness (QED) is 0.422. The molecule has 0 unspecified atom stereocenters. The van der Waals surface area contributed by atoms with Gasteiger partial charge in [-0.25, -0.2) is 4.39 Å². The zero-order valence-corrected chi connectivity index (χ0v) is 8.83. The summed E-state index contributed by atoms with van der Waals surface area (Å²) in [6, 6.07) is 1.59. The fraction of sp³-hybridized carbons (Fsp3) is 0.500. The van der Waals surface area contributed by atoms with Crippen LogP contribution in [-0.4, -0.2) is 20.1 Å². The maximum absolute atomic E-state index is 11.6. The fourth-order valence-corrected chi connectivity index (χ4v) is 1.14. The molecule has 0 spiro atoms. The second-order valence-electron chi connectivity index (χ2n) is 3.08. The fourth-order valence-electron chi connectivity index (χ4n) is 1.14. The van der Waals surface area contributed by atoms with Gasteiger partial charge >= 0.3 is 0 Å². The Hall–Kier alpha value is -1.36. The molecule has 84 valence electrons. The summed E-state index contributed by atoms with van der Waals surface area (Å²) >= 11 is 0. The molecule has 0 saturated heterocycles. The molecule has 0 aliphatic rings. The Bertz CT molecular complexity index is 331. The Morgan fingerprint density at radius 2 is 2.13 bits per heavy atom. The third-order valence-electron chi connectivity index (χ3n) is 2.17. The minimum atomic E-state index is -0.809. The summed E-state index contributed by atoms with van der Waals surface area (Å²) in [5, 5.41) is 11.2. The molecule has 0 radical (unpaired) electrons. The van der Waals surface area contributed by atoms with Crippen molar-refractivity contribution in [1.29, 1.82) is 0 Å². The van der Waals surface area contributed by atoms with Crippen molar-refractivity contribution >= 4 is 0 Å². The number of nitrogens with zero attached hydrogens (tertiary/aromatic N) is 1. The number of halogens is 1. The molecule has 0 amide bonds. The maximum Gasteiger partial charge on any atom is 0.196 e. The topological polar surface area (TPSA) is 45.4 Å². The number of pyridine rings is 1. The van der Waals surface area contributed by atoms with Gasteiger partial charge in [-0.05, 0) is 6.92 Å². The molecule has 1 rings (SSSR count). The van der Waals surface area contributed by atoms with Crippen LogP contribution in [0, 0.1) is 19.1 Å². The van der Waals surface area contributed by atoms with E-state index < -0.39 is 6.86 Å². The van der Waals surface area contributed by atoms with Crippen molar-refractivity contribution in [3.05, 3.63) is 28.7 Å². The van der Waals surface area contributed by atoms with Gasteiger partial charge in [0.1, 0.15) is 12.4 Å². The molecule has 15 heavy (non-hydrogen) atoms. The molecule has 4 nitrogen and oxygen atoms in total. The first-order chi connectivity index (χ1) is 7.16. The van der Waals surface area contributed by atoms with Crippen LogP contribution in [-0.2, 0) is 4.74 Å². The number of rotatable bonds is 5. The summed E-state index contributed by atoms with van der Waals surface area (Å²) in [6.07, 6.45) is 1.38. The molecule has 0 bridgehead atoms. The van der Waals surface area contributed by atoms with Crippen LogP contribution in [0.25, 0.3) is 0 Å². The summed E-state index contributed by atoms with van der Waals surface area (Å²) in [5.74, 6) is 0.627. The molecule has 5 heteroatoms. The van der Waals surface area contributed by atoms with Gasteiger partial charge in [0.05, 0.1) is 12.2 Å². The lowest BCUT2D eigenvalue weighted by Gasteiger charge is -2.10. The Balaban J connectivity index is 2.58. The minimum Gasteiger partial charge on any atom is -0.618 e. The third-order valence-corrected chi connectivity index (χ3v) is 2.17. The molecule has 0 saturated carbocycles. The van der Waals surface area contributed by atoms with Crippen LogP contribution in [0.3, 0.4) is 0 Å². The second kappa shape index (κ2) is 5.50. The van der Waals surface area contributed by atoms with E-state index in [-0.39, 0.29) is 13.2 Å². The van der Waals surface area contributed by atoms with Crippen molar-refractivity contribution in [2.75, 3.05) is 20.1 Å². The third kappa shape index (κ3) is 3.06. The van der Waals surface area contributed by atoms with Crippen LogP contribution in [0.1, 0.15) is 11.3 Å². The lowest BCUT2D eigenvalue weighted by Crippen LogP contribution is -2.30. The monoisotopic (exact) mass is 215 g/mol. The summed E-state index contributed by atoms with van der Waals surface area (Å²) in [6.45, 7) is 3.17. The van der Waals surface area contributed by atoms with Crippen molar-refractivity contribution in [3.63, 3.8) is 0 Å². The van der Waals surface area contributed by atoms with E-state index in [1.165, 1.54) is 6.20 Å². The SMILES string of the molecule is Cc1c(OCCOCF)cc[n+]([O-])c1C. The number of alkyl halides is 1. The van der Waals surface area contributed by atoms with E-state index in [1.807, 2.05) is 0 Å². The van der Waals surface area contributed by atoms with Crippen molar-refractivity contribution in [2.45, 2.75) is 13.8 Å². The van der Waals surface area contributed by atoms with E-state index in [9.17, 15) is 9.60 Å². The highest BCUT2D eigenvalue weighted by molar-refractivity contribution is 5.31. The molecule has 0 aromatic carbocycles. The van der Waals surface area contributed by atoms with Gasteiger partial charge < -0.3 is 14.7 Å². The zero-order chi connectivity index (χ0) is 11.3. The van der Waals surface area contributed by atoms with Gasteiger partial charge in [0.25, 0.3) is 0 Å². The van der Waals surface area contributed by atoms with Crippen LogP contribution >= 0.6 is 0 Å². The Morgan fingerprint density at radius 3 is 2.80 bits per heavy atom. The van der Waals surface area contributed by atoms with Gasteiger partial charge in [-0.3, -0.25) is 0 Å². The van der Waals surface area contributed by atoms with E-state index in [0.717, 1.165) is 10.3 Å². The summed E-state index contributed by atoms with van der Waals surface area (Å²) in [4.78, 5) is 0. The summed E-state index contributed by atoms with van der Waals surface area (Å²) in [7, 11) is 0. The molecule has 1 aromatic heterocycles. The average Bonchev–Trinajstić information content (AvgIpc) is 2.24. The molecule has 0 atom stereocenters. The van der Waals surface area contributed by atoms with Crippen molar-refractivity contribution < 1.29 is 18.6 Å². The number of aromatic nitrogens is 1. The highest BCUT2D eigenvalue weighted by atomic mass is 19.1. The minimum absolute atomic E-state index is 0.196. The van der Waals surface area contributed by atoms with Crippen molar-refractivity contribution in [1.82, 2.24) is 0 Å². The van der Waals surface area contributed by atoms with Crippen LogP contribution in [0.4, 0.5) is 4.39 Å². The Kier molecular flexibility index (Phi) is 4.30. The molecule has 0 aliphatic carbocycles. The smallest absolute Gasteiger partial charge is 0.196 e. The first-order valence-electron chi connectivity index (χ1n) is 4.62. The van der Waals surface area contributed by atoms with Crippen molar-refractivity contribution in [3.8, 4) is 5.75 Å². The van der Waals surface area contributed by atoms with Gasteiger partial charge in [-0.2, -0.15) is 4.73 Å². The number of hydrogen-bond acceptors (Lipinski definition) is 3. The van der Waals surface area contributed by atoms with Crippen LogP contribution in [0.5, 0.6) is 5.75 Å². The molecule has 1 heterocycles. The number of ether oxygens (including phenoxy) is 2. The number of hydrogen-bond donors (Lipinski definition) is 0. The van der Waals surface area contributed by atoms with E-state index in [4.69, 9.17) is 4.74 Å². The van der Waals surface area contributed by atoms with Gasteiger partial charge in [0, 0.05) is 13.0 Å². The lowest BCUT2D eigenvalue weighted by atomic mass is 10.2. The van der Waals surface area contributed by atoms with Crippen LogP contribution < -0.4 is 9.47 Å². The highest BCUT2D eigenvalue weighted by Gasteiger charge is 2.09.